The number of carbonyl (C=O) groups is 1. The Balaban J connectivity index is 1.44. The van der Waals surface area contributed by atoms with Gasteiger partial charge >= 0.3 is 0 Å². The van der Waals surface area contributed by atoms with E-state index >= 15 is 0 Å². The van der Waals surface area contributed by atoms with E-state index in [1.807, 2.05) is 42.5 Å². The van der Waals surface area contributed by atoms with Gasteiger partial charge in [-0.25, -0.2) is 4.98 Å². The predicted molar refractivity (Wildman–Crippen MR) is 119 cm³/mol. The number of methoxy groups -OCH3 is 1. The van der Waals surface area contributed by atoms with Crippen molar-refractivity contribution in [2.45, 2.75) is 32.7 Å². The predicted octanol–water partition coefficient (Wildman–Crippen LogP) is 4.19. The zero-order valence-corrected chi connectivity index (χ0v) is 17.8. The molecule has 0 aliphatic heterocycles. The largest absolute Gasteiger partial charge is 0.497 e. The van der Waals surface area contributed by atoms with Gasteiger partial charge in [0, 0.05) is 11.1 Å². The number of aryl methyl sites for hydroxylation is 1. The highest BCUT2D eigenvalue weighted by Crippen LogP contribution is 2.35. The smallest absolute Gasteiger partial charge is 0.270 e. The fourth-order valence-corrected chi connectivity index (χ4v) is 4.30. The summed E-state index contributed by atoms with van der Waals surface area (Å²) in [5, 5.41) is 10.6. The van der Waals surface area contributed by atoms with Crippen LogP contribution in [0, 0.1) is 5.92 Å². The summed E-state index contributed by atoms with van der Waals surface area (Å²) in [6.07, 6.45) is 1.60. The molecule has 0 unspecified atom stereocenters. The lowest BCUT2D eigenvalue weighted by molar-refractivity contribution is 0.0917. The van der Waals surface area contributed by atoms with Gasteiger partial charge in [0.05, 0.1) is 29.9 Å². The van der Waals surface area contributed by atoms with Gasteiger partial charge in [0.1, 0.15) is 17.3 Å². The average molecular weight is 415 g/mol. The van der Waals surface area contributed by atoms with Crippen molar-refractivity contribution in [3.8, 4) is 17.0 Å². The van der Waals surface area contributed by atoms with Crippen LogP contribution in [0.3, 0.4) is 0 Å². The minimum absolute atomic E-state index is 0.162. The van der Waals surface area contributed by atoms with Crippen molar-refractivity contribution in [2.75, 3.05) is 7.11 Å². The van der Waals surface area contributed by atoms with Gasteiger partial charge in [-0.05, 0) is 54.7 Å². The molecule has 7 heteroatoms. The van der Waals surface area contributed by atoms with Gasteiger partial charge in [0.15, 0.2) is 0 Å². The van der Waals surface area contributed by atoms with Crippen molar-refractivity contribution in [3.63, 3.8) is 0 Å². The molecule has 0 saturated heterocycles. The van der Waals surface area contributed by atoms with Crippen LogP contribution in [-0.2, 0) is 12.8 Å². The molecule has 1 aliphatic rings. The molecule has 3 N–H and O–H groups in total. The molecule has 5 rings (SSSR count). The molecule has 7 nitrogen and oxygen atoms in total. The first-order chi connectivity index (χ1) is 15.0. The molecule has 158 valence electrons. The number of aromatic amines is 2. The maximum absolute atomic E-state index is 13.2. The van der Waals surface area contributed by atoms with E-state index in [4.69, 9.17) is 9.72 Å². The molecule has 1 aliphatic carbocycles. The third-order valence-electron chi connectivity index (χ3n) is 5.96. The van der Waals surface area contributed by atoms with Crippen molar-refractivity contribution < 1.29 is 9.53 Å². The molecule has 1 amide bonds. The minimum Gasteiger partial charge on any atom is -0.497 e. The molecule has 0 saturated carbocycles. The lowest BCUT2D eigenvalue weighted by Crippen LogP contribution is -2.33. The molecule has 0 spiro atoms. The molecule has 2 heterocycles. The Morgan fingerprint density at radius 1 is 1.16 bits per heavy atom. The number of nitrogens with zero attached hydrogens (tertiary/aromatic N) is 2. The zero-order valence-electron chi connectivity index (χ0n) is 17.8. The normalized spacial score (nSPS) is 13.7. The van der Waals surface area contributed by atoms with E-state index in [-0.39, 0.29) is 17.9 Å². The standard InChI is InChI=1S/C24H25N5O2/c1-13(2)20(23-25-18-6-4-5-7-19(18)26-23)27-24(30)22-17-10-8-14-12-15(31-3)9-11-16(14)21(17)28-29-22/h4-7,9,11-13,20H,8,10H2,1-3H3,(H,25,26)(H,27,30)(H,28,29)/t20-/m1/s1. The molecule has 0 bridgehead atoms. The van der Waals surface area contributed by atoms with Crippen LogP contribution >= 0.6 is 0 Å². The van der Waals surface area contributed by atoms with Gasteiger partial charge in [0.25, 0.3) is 5.91 Å². The molecule has 4 aromatic rings. The second-order valence-corrected chi connectivity index (χ2v) is 8.28. The Kier molecular flexibility index (Phi) is 4.73. The summed E-state index contributed by atoms with van der Waals surface area (Å²) >= 11 is 0. The van der Waals surface area contributed by atoms with Crippen molar-refractivity contribution in [3.05, 3.63) is 65.1 Å². The molecule has 0 radical (unpaired) electrons. The van der Waals surface area contributed by atoms with Crippen molar-refractivity contribution in [2.24, 2.45) is 5.92 Å². The van der Waals surface area contributed by atoms with E-state index in [9.17, 15) is 4.79 Å². The highest BCUT2D eigenvalue weighted by atomic mass is 16.5. The number of rotatable bonds is 5. The van der Waals surface area contributed by atoms with E-state index in [1.54, 1.807) is 7.11 Å². The third kappa shape index (κ3) is 3.36. The summed E-state index contributed by atoms with van der Waals surface area (Å²) in [6.45, 7) is 4.15. The van der Waals surface area contributed by atoms with E-state index in [0.29, 0.717) is 5.69 Å². The second kappa shape index (κ2) is 7.58. The number of hydrogen-bond donors (Lipinski definition) is 3. The van der Waals surface area contributed by atoms with E-state index in [1.165, 1.54) is 5.56 Å². The van der Waals surface area contributed by atoms with Crippen LogP contribution in [0.15, 0.2) is 42.5 Å². The summed E-state index contributed by atoms with van der Waals surface area (Å²) in [4.78, 5) is 21.3. The molecule has 0 fully saturated rings. The highest BCUT2D eigenvalue weighted by Gasteiger charge is 2.28. The maximum atomic E-state index is 13.2. The molecule has 31 heavy (non-hydrogen) atoms. The molecule has 2 aromatic carbocycles. The lowest BCUT2D eigenvalue weighted by Gasteiger charge is -2.21. The van der Waals surface area contributed by atoms with Crippen LogP contribution in [0.4, 0.5) is 0 Å². The molecule has 2 aromatic heterocycles. The quantitative estimate of drug-likeness (QED) is 0.455. The van der Waals surface area contributed by atoms with Crippen LogP contribution < -0.4 is 10.1 Å². The van der Waals surface area contributed by atoms with Gasteiger partial charge in [0.2, 0.25) is 0 Å². The number of fused-ring (bicyclic) bond motifs is 4. The number of benzene rings is 2. The number of para-hydroxylation sites is 2. The monoisotopic (exact) mass is 415 g/mol. The Labute approximate surface area is 180 Å². The number of amides is 1. The summed E-state index contributed by atoms with van der Waals surface area (Å²) in [6, 6.07) is 13.6. The Morgan fingerprint density at radius 2 is 2.00 bits per heavy atom. The van der Waals surface area contributed by atoms with Crippen LogP contribution in [0.5, 0.6) is 5.75 Å². The third-order valence-corrected chi connectivity index (χ3v) is 5.96. The Hall–Kier alpha value is -3.61. The first-order valence-corrected chi connectivity index (χ1v) is 10.5. The van der Waals surface area contributed by atoms with Crippen LogP contribution in [0.1, 0.15) is 47.3 Å². The topological polar surface area (TPSA) is 95.7 Å². The van der Waals surface area contributed by atoms with Gasteiger partial charge < -0.3 is 15.0 Å². The van der Waals surface area contributed by atoms with Crippen LogP contribution in [-0.4, -0.2) is 33.2 Å². The number of H-pyrrole nitrogens is 2. The summed E-state index contributed by atoms with van der Waals surface area (Å²) in [5.74, 6) is 1.60. The lowest BCUT2D eigenvalue weighted by atomic mass is 9.88. The number of hydrogen-bond acceptors (Lipinski definition) is 4. The van der Waals surface area contributed by atoms with Crippen LogP contribution in [0.25, 0.3) is 22.3 Å². The number of ether oxygens (including phenoxy) is 1. The molecule has 1 atom stereocenters. The van der Waals surface area contributed by atoms with Gasteiger partial charge in [-0.2, -0.15) is 5.10 Å². The van der Waals surface area contributed by atoms with Crippen LogP contribution in [0.2, 0.25) is 0 Å². The first-order valence-electron chi connectivity index (χ1n) is 10.5. The zero-order chi connectivity index (χ0) is 21.5. The second-order valence-electron chi connectivity index (χ2n) is 8.28. The Bertz CT molecular complexity index is 1240. The molecular formula is C24H25N5O2. The summed E-state index contributed by atoms with van der Waals surface area (Å²) < 4.78 is 5.34. The van der Waals surface area contributed by atoms with E-state index < -0.39 is 0 Å². The fraction of sp³-hybridized carbons (Fsp3) is 0.292. The SMILES string of the molecule is COc1ccc2c(c1)CCc1c-2n[nH]c1C(=O)N[C@@H](c1nc2ccccc2[nH]1)C(C)C. The van der Waals surface area contributed by atoms with Crippen molar-refractivity contribution in [1.82, 2.24) is 25.5 Å². The summed E-state index contributed by atoms with van der Waals surface area (Å²) in [5.41, 5.74) is 6.42. The highest BCUT2D eigenvalue weighted by molar-refractivity contribution is 5.96. The maximum Gasteiger partial charge on any atom is 0.270 e. The first kappa shape index (κ1) is 19.4. The van der Waals surface area contributed by atoms with Gasteiger partial charge in [-0.15, -0.1) is 0 Å². The average Bonchev–Trinajstić information content (AvgIpc) is 3.40. The number of carbonyl (C=O) groups excluding carboxylic acids is 1. The fourth-order valence-electron chi connectivity index (χ4n) is 4.30. The Morgan fingerprint density at radius 3 is 2.77 bits per heavy atom. The number of aromatic nitrogens is 4. The van der Waals surface area contributed by atoms with E-state index in [0.717, 1.165) is 52.3 Å². The van der Waals surface area contributed by atoms with Gasteiger partial charge in [-0.3, -0.25) is 9.89 Å². The van der Waals surface area contributed by atoms with E-state index in [2.05, 4.69) is 34.3 Å². The van der Waals surface area contributed by atoms with Gasteiger partial charge in [-0.1, -0.05) is 26.0 Å². The minimum atomic E-state index is -0.237. The van der Waals surface area contributed by atoms with Crippen molar-refractivity contribution >= 4 is 16.9 Å². The molecular weight excluding hydrogens is 390 g/mol. The number of nitrogens with one attached hydrogen (secondary N) is 3. The number of imidazole rings is 1. The summed E-state index contributed by atoms with van der Waals surface area (Å²) in [7, 11) is 1.67. The van der Waals surface area contributed by atoms with Crippen molar-refractivity contribution in [1.29, 1.82) is 0 Å².